The van der Waals surface area contributed by atoms with E-state index >= 15 is 0 Å². The normalized spacial score (nSPS) is 13.3. The standard InChI is InChI=1S/C7H15NO3.Cr/c1-8(2,3)5-6(9)4-7(10)11;/h6,9H,4-5H2,1-3H3;. The van der Waals surface area contributed by atoms with Gasteiger partial charge < -0.3 is 19.5 Å². The van der Waals surface area contributed by atoms with Crippen molar-refractivity contribution in [3.8, 4) is 0 Å². The van der Waals surface area contributed by atoms with Crippen LogP contribution in [0.15, 0.2) is 0 Å². The molecule has 12 heavy (non-hydrogen) atoms. The van der Waals surface area contributed by atoms with Gasteiger partial charge in [-0.25, -0.2) is 0 Å². The minimum Gasteiger partial charge on any atom is -0.550 e. The van der Waals surface area contributed by atoms with Gasteiger partial charge in [0, 0.05) is 29.8 Å². The van der Waals surface area contributed by atoms with Gasteiger partial charge in [0.05, 0.1) is 21.1 Å². The molecule has 0 amide bonds. The molecule has 0 aromatic carbocycles. The Labute approximate surface area is 83.5 Å². The van der Waals surface area contributed by atoms with Crippen LogP contribution in [0.2, 0.25) is 0 Å². The molecule has 0 aromatic rings. The summed E-state index contributed by atoms with van der Waals surface area (Å²) in [6, 6.07) is 0. The Morgan fingerprint density at radius 2 is 1.92 bits per heavy atom. The molecule has 0 aromatic heterocycles. The molecule has 0 radical (unpaired) electrons. The summed E-state index contributed by atoms with van der Waals surface area (Å²) < 4.78 is 0.550. The number of carboxylic acids is 1. The summed E-state index contributed by atoms with van der Waals surface area (Å²) in [6.07, 6.45) is -1.09. The van der Waals surface area contributed by atoms with Gasteiger partial charge in [-0.3, -0.25) is 0 Å². The molecule has 0 aliphatic carbocycles. The molecular weight excluding hydrogens is 198 g/mol. The van der Waals surface area contributed by atoms with Crippen LogP contribution in [0.1, 0.15) is 6.42 Å². The van der Waals surface area contributed by atoms with Gasteiger partial charge in [0.1, 0.15) is 12.6 Å². The maximum atomic E-state index is 10.0. The van der Waals surface area contributed by atoms with Crippen LogP contribution < -0.4 is 5.11 Å². The van der Waals surface area contributed by atoms with Crippen molar-refractivity contribution in [2.75, 3.05) is 27.7 Å². The van der Waals surface area contributed by atoms with E-state index in [0.717, 1.165) is 0 Å². The molecule has 5 heteroatoms. The fourth-order valence-corrected chi connectivity index (χ4v) is 0.889. The van der Waals surface area contributed by atoms with Crippen molar-refractivity contribution in [3.63, 3.8) is 0 Å². The average molecular weight is 213 g/mol. The summed E-state index contributed by atoms with van der Waals surface area (Å²) in [6.45, 7) is 0.425. The summed E-state index contributed by atoms with van der Waals surface area (Å²) in [5.41, 5.74) is 0. The van der Waals surface area contributed by atoms with E-state index in [0.29, 0.717) is 11.0 Å². The smallest absolute Gasteiger partial charge is 0.108 e. The molecule has 0 rings (SSSR count). The molecule has 72 valence electrons. The Morgan fingerprint density at radius 3 is 2.17 bits per heavy atom. The van der Waals surface area contributed by atoms with Gasteiger partial charge in [0.15, 0.2) is 0 Å². The molecular formula is C7H15CrNO3. The van der Waals surface area contributed by atoms with Crippen molar-refractivity contribution >= 4 is 5.97 Å². The number of aliphatic hydroxyl groups is 1. The van der Waals surface area contributed by atoms with Crippen molar-refractivity contribution in [1.82, 2.24) is 0 Å². The number of carbonyl (C=O) groups is 1. The molecule has 1 atom stereocenters. The van der Waals surface area contributed by atoms with Crippen LogP contribution in [0.3, 0.4) is 0 Å². The topological polar surface area (TPSA) is 60.4 Å². The van der Waals surface area contributed by atoms with Gasteiger partial charge in [0.25, 0.3) is 0 Å². The maximum Gasteiger partial charge on any atom is 0.108 e. The molecule has 1 unspecified atom stereocenters. The molecule has 0 aliphatic heterocycles. The van der Waals surface area contributed by atoms with E-state index in [1.54, 1.807) is 0 Å². The van der Waals surface area contributed by atoms with Crippen LogP contribution in [0.25, 0.3) is 0 Å². The quantitative estimate of drug-likeness (QED) is 0.560. The second-order valence-electron chi connectivity index (χ2n) is 3.70. The summed E-state index contributed by atoms with van der Waals surface area (Å²) in [5, 5.41) is 19.1. The van der Waals surface area contributed by atoms with Crippen LogP contribution in [-0.2, 0) is 22.2 Å². The molecule has 0 spiro atoms. The minimum absolute atomic E-state index is 0. The Kier molecular flexibility index (Phi) is 6.68. The fraction of sp³-hybridized carbons (Fsp3) is 0.857. The van der Waals surface area contributed by atoms with Crippen molar-refractivity contribution in [2.24, 2.45) is 0 Å². The summed E-state index contributed by atoms with van der Waals surface area (Å²) in [7, 11) is 5.66. The summed E-state index contributed by atoms with van der Waals surface area (Å²) in [5.74, 6) is -1.20. The number of hydrogen-bond donors (Lipinski definition) is 1. The van der Waals surface area contributed by atoms with Gasteiger partial charge in [0.2, 0.25) is 0 Å². The van der Waals surface area contributed by atoms with Crippen LogP contribution in [0, 0.1) is 0 Å². The second-order valence-corrected chi connectivity index (χ2v) is 3.70. The first kappa shape index (κ1) is 14.4. The number of nitrogens with zero attached hydrogens (tertiary/aromatic N) is 1. The molecule has 0 saturated carbocycles. The van der Waals surface area contributed by atoms with E-state index in [1.807, 2.05) is 21.1 Å². The summed E-state index contributed by atoms with van der Waals surface area (Å²) >= 11 is 0. The molecule has 0 bridgehead atoms. The van der Waals surface area contributed by atoms with Gasteiger partial charge in [-0.1, -0.05) is 0 Å². The van der Waals surface area contributed by atoms with Crippen LogP contribution in [0.5, 0.6) is 0 Å². The van der Waals surface area contributed by atoms with Crippen molar-refractivity contribution in [3.05, 3.63) is 0 Å². The monoisotopic (exact) mass is 213 g/mol. The van der Waals surface area contributed by atoms with E-state index in [1.165, 1.54) is 0 Å². The first-order valence-corrected chi connectivity index (χ1v) is 3.49. The Balaban J connectivity index is 0. The van der Waals surface area contributed by atoms with Crippen LogP contribution in [0.4, 0.5) is 0 Å². The van der Waals surface area contributed by atoms with E-state index in [2.05, 4.69) is 0 Å². The zero-order valence-corrected chi connectivity index (χ0v) is 8.89. The SMILES string of the molecule is C[N+](C)(C)CC(O)CC(=O)[O-].[Cr]. The van der Waals surface area contributed by atoms with Crippen LogP contribution >= 0.6 is 0 Å². The molecule has 0 saturated heterocycles. The number of carboxylic acid groups (broad SMARTS) is 1. The number of aliphatic hydroxyl groups excluding tert-OH is 1. The zero-order chi connectivity index (χ0) is 9.07. The van der Waals surface area contributed by atoms with E-state index in [9.17, 15) is 9.90 Å². The van der Waals surface area contributed by atoms with E-state index < -0.39 is 12.1 Å². The third-order valence-corrected chi connectivity index (χ3v) is 1.16. The first-order valence-electron chi connectivity index (χ1n) is 3.49. The van der Waals surface area contributed by atoms with E-state index in [4.69, 9.17) is 5.11 Å². The number of hydrogen-bond acceptors (Lipinski definition) is 3. The Bertz CT molecular complexity index is 144. The number of carbonyl (C=O) groups excluding carboxylic acids is 1. The fourth-order valence-electron chi connectivity index (χ4n) is 0.889. The molecule has 1 N–H and O–H groups in total. The molecule has 0 heterocycles. The summed E-state index contributed by atoms with van der Waals surface area (Å²) in [4.78, 5) is 10.0. The predicted molar refractivity (Wildman–Crippen MR) is 38.5 cm³/mol. The molecule has 0 aliphatic rings. The number of quaternary nitrogens is 1. The van der Waals surface area contributed by atoms with Gasteiger partial charge in [-0.2, -0.15) is 0 Å². The average Bonchev–Trinajstić information content (AvgIpc) is 1.53. The Morgan fingerprint density at radius 1 is 1.50 bits per heavy atom. The first-order chi connectivity index (χ1) is 4.81. The maximum absolute atomic E-state index is 10.0. The zero-order valence-electron chi connectivity index (χ0n) is 7.61. The van der Waals surface area contributed by atoms with Crippen molar-refractivity contribution < 1.29 is 36.9 Å². The molecule has 4 nitrogen and oxygen atoms in total. The second kappa shape index (κ2) is 5.55. The van der Waals surface area contributed by atoms with Crippen molar-refractivity contribution in [2.45, 2.75) is 12.5 Å². The van der Waals surface area contributed by atoms with E-state index in [-0.39, 0.29) is 23.8 Å². The minimum atomic E-state index is -1.20. The van der Waals surface area contributed by atoms with Gasteiger partial charge >= 0.3 is 0 Å². The van der Waals surface area contributed by atoms with Crippen molar-refractivity contribution in [1.29, 1.82) is 0 Å². The third kappa shape index (κ3) is 9.92. The number of rotatable bonds is 4. The van der Waals surface area contributed by atoms with Crippen LogP contribution in [-0.4, -0.2) is 49.4 Å². The van der Waals surface area contributed by atoms with Gasteiger partial charge in [-0.05, 0) is 0 Å². The van der Waals surface area contributed by atoms with Gasteiger partial charge in [-0.15, -0.1) is 0 Å². The number of aliphatic carboxylic acids is 1. The molecule has 0 fully saturated rings. The Hall–Kier alpha value is -0.0775. The largest absolute Gasteiger partial charge is 0.550 e. The number of likely N-dealkylation sites (N-methyl/N-ethyl adjacent to an activating group) is 1. The predicted octanol–water partition coefficient (Wildman–Crippen LogP) is -1.81. The third-order valence-electron chi connectivity index (χ3n) is 1.16.